The smallest absolute Gasteiger partial charge is 0.252 e. The summed E-state index contributed by atoms with van der Waals surface area (Å²) in [6.07, 6.45) is 3.48. The number of hydrogen-bond acceptors (Lipinski definition) is 6. The van der Waals surface area contributed by atoms with E-state index in [1.807, 2.05) is 63.2 Å². The van der Waals surface area contributed by atoms with Crippen molar-refractivity contribution in [2.75, 3.05) is 26.3 Å². The molecule has 3 aromatic carbocycles. The first-order chi connectivity index (χ1) is 24.4. The lowest BCUT2D eigenvalue weighted by Gasteiger charge is -2.44. The van der Waals surface area contributed by atoms with Gasteiger partial charge in [0.15, 0.2) is 0 Å². The number of hydrogen-bond donors (Lipinski definition) is 5. The minimum atomic E-state index is -1.02. The molecule has 1 saturated heterocycles. The maximum Gasteiger partial charge on any atom is 0.252 e. The Morgan fingerprint density at radius 2 is 1.59 bits per heavy atom. The average Bonchev–Trinajstić information content (AvgIpc) is 3.10. The molecule has 0 spiro atoms. The molecule has 5 rings (SSSR count). The van der Waals surface area contributed by atoms with Crippen molar-refractivity contribution in [1.29, 1.82) is 0 Å². The van der Waals surface area contributed by atoms with Gasteiger partial charge in [-0.05, 0) is 66.3 Å². The van der Waals surface area contributed by atoms with E-state index in [1.54, 1.807) is 24.3 Å². The van der Waals surface area contributed by atoms with Gasteiger partial charge in [-0.1, -0.05) is 99.1 Å². The van der Waals surface area contributed by atoms with E-state index >= 15 is 0 Å². The van der Waals surface area contributed by atoms with Gasteiger partial charge in [0.25, 0.3) is 5.91 Å². The second-order valence-electron chi connectivity index (χ2n) is 14.9. The van der Waals surface area contributed by atoms with Crippen LogP contribution in [0.5, 0.6) is 0 Å². The molecule has 4 amide bonds. The zero-order valence-corrected chi connectivity index (χ0v) is 30.5. The van der Waals surface area contributed by atoms with E-state index in [0.717, 1.165) is 30.4 Å². The summed E-state index contributed by atoms with van der Waals surface area (Å²) in [4.78, 5) is 54.6. The molecule has 0 aromatic heterocycles. The van der Waals surface area contributed by atoms with Crippen molar-refractivity contribution < 1.29 is 23.9 Å². The van der Waals surface area contributed by atoms with Gasteiger partial charge in [-0.25, -0.2) is 0 Å². The highest BCUT2D eigenvalue weighted by atomic mass is 35.5. The summed E-state index contributed by atoms with van der Waals surface area (Å²) < 4.78 is 5.56. The standard InChI is InChI=1S/C40H50ClN5O5/c1-39(2,3)23-42-35(47)22-34(46-40(25-51-26-40)24-43-36(48)30-17-9-10-18-31(30)41)38(50)45-33(21-20-27-12-5-4-6-13-27)37(49)44-32-19-11-15-28-14-7-8-16-29(28)32/h4-10,12-14,16-18,32-34,46H,11,15,19-26H2,1-3H3,(H,42,47)(H,43,48)(H,44,49)(H,45,50)/t32-,33+,34+/m1/s1. The highest BCUT2D eigenvalue weighted by Gasteiger charge is 2.43. The molecule has 51 heavy (non-hydrogen) atoms. The third-order valence-corrected chi connectivity index (χ3v) is 9.68. The van der Waals surface area contributed by atoms with Crippen LogP contribution in [-0.4, -0.2) is 67.6 Å². The van der Waals surface area contributed by atoms with Crippen LogP contribution in [0.2, 0.25) is 5.02 Å². The molecule has 1 heterocycles. The fourth-order valence-electron chi connectivity index (χ4n) is 6.45. The van der Waals surface area contributed by atoms with Crippen molar-refractivity contribution >= 4 is 35.2 Å². The summed E-state index contributed by atoms with van der Waals surface area (Å²) in [5.74, 6) is -1.43. The Bertz CT molecular complexity index is 1670. The SMILES string of the molecule is CC(C)(C)CNC(=O)C[C@H](NC1(CNC(=O)c2ccccc2Cl)COC1)C(=O)N[C@@H](CCc1ccccc1)C(=O)N[C@@H]1CCCc2ccccc21. The summed E-state index contributed by atoms with van der Waals surface area (Å²) in [5.41, 5.74) is 2.72. The van der Waals surface area contributed by atoms with Crippen molar-refractivity contribution in [2.45, 2.75) is 83.0 Å². The Hall–Kier alpha value is -4.25. The zero-order chi connectivity index (χ0) is 36.4. The fraction of sp³-hybridized carbons (Fsp3) is 0.450. The molecule has 1 fully saturated rings. The number of aryl methyl sites for hydroxylation is 2. The minimum absolute atomic E-state index is 0.128. The van der Waals surface area contributed by atoms with Gasteiger partial charge in [0.05, 0.1) is 47.8 Å². The van der Waals surface area contributed by atoms with Gasteiger partial charge in [-0.3, -0.25) is 24.5 Å². The number of rotatable bonds is 15. The summed E-state index contributed by atoms with van der Waals surface area (Å²) in [5, 5.41) is 15.8. The van der Waals surface area contributed by atoms with Gasteiger partial charge in [0, 0.05) is 13.1 Å². The maximum absolute atomic E-state index is 14.2. The van der Waals surface area contributed by atoms with E-state index in [-0.39, 0.29) is 55.4 Å². The largest absolute Gasteiger partial charge is 0.377 e. The molecule has 1 aliphatic heterocycles. The van der Waals surface area contributed by atoms with Gasteiger partial charge >= 0.3 is 0 Å². The number of carbonyl (C=O) groups is 4. The minimum Gasteiger partial charge on any atom is -0.377 e. The Morgan fingerprint density at radius 3 is 2.29 bits per heavy atom. The van der Waals surface area contributed by atoms with Crippen LogP contribution in [0.4, 0.5) is 0 Å². The predicted molar refractivity (Wildman–Crippen MR) is 198 cm³/mol. The summed E-state index contributed by atoms with van der Waals surface area (Å²) in [6, 6.07) is 22.7. The first-order valence-electron chi connectivity index (χ1n) is 17.8. The molecule has 10 nitrogen and oxygen atoms in total. The molecule has 2 aliphatic rings. The highest BCUT2D eigenvalue weighted by Crippen LogP contribution is 2.29. The van der Waals surface area contributed by atoms with Gasteiger partial charge in [-0.2, -0.15) is 0 Å². The van der Waals surface area contributed by atoms with Crippen molar-refractivity contribution in [3.63, 3.8) is 0 Å². The molecular weight excluding hydrogens is 666 g/mol. The molecule has 1 aliphatic carbocycles. The van der Waals surface area contributed by atoms with Crippen LogP contribution in [0.25, 0.3) is 0 Å². The lowest BCUT2D eigenvalue weighted by atomic mass is 9.87. The van der Waals surface area contributed by atoms with Gasteiger partial charge < -0.3 is 26.0 Å². The number of benzene rings is 3. The fourth-order valence-corrected chi connectivity index (χ4v) is 6.67. The van der Waals surface area contributed by atoms with E-state index in [1.165, 1.54) is 5.56 Å². The number of nitrogens with one attached hydrogen (secondary N) is 5. The van der Waals surface area contributed by atoms with Gasteiger partial charge in [0.2, 0.25) is 17.7 Å². The molecule has 272 valence electrons. The summed E-state index contributed by atoms with van der Waals surface area (Å²) in [6.45, 7) is 7.01. The van der Waals surface area contributed by atoms with Crippen molar-refractivity contribution in [1.82, 2.24) is 26.6 Å². The number of carbonyl (C=O) groups excluding carboxylic acids is 4. The quantitative estimate of drug-likeness (QED) is 0.155. The Balaban J connectivity index is 1.34. The second kappa shape index (κ2) is 17.3. The lowest BCUT2D eigenvalue weighted by molar-refractivity contribution is -0.135. The van der Waals surface area contributed by atoms with E-state index in [0.29, 0.717) is 30.0 Å². The highest BCUT2D eigenvalue weighted by molar-refractivity contribution is 6.33. The number of halogens is 1. The zero-order valence-electron chi connectivity index (χ0n) is 29.7. The molecule has 0 unspecified atom stereocenters. The molecule has 3 aromatic rings. The van der Waals surface area contributed by atoms with Crippen LogP contribution in [0.15, 0.2) is 78.9 Å². The third-order valence-electron chi connectivity index (χ3n) is 9.35. The Morgan fingerprint density at radius 1 is 0.882 bits per heavy atom. The van der Waals surface area contributed by atoms with E-state index in [9.17, 15) is 19.2 Å². The summed E-state index contributed by atoms with van der Waals surface area (Å²) in [7, 11) is 0. The predicted octanol–water partition coefficient (Wildman–Crippen LogP) is 4.66. The first kappa shape index (κ1) is 38.0. The number of fused-ring (bicyclic) bond motifs is 1. The van der Waals surface area contributed by atoms with Crippen LogP contribution in [-0.2, 0) is 32.0 Å². The molecule has 0 bridgehead atoms. The maximum atomic E-state index is 14.2. The Kier molecular flexibility index (Phi) is 12.9. The van der Waals surface area contributed by atoms with Crippen LogP contribution in [0, 0.1) is 5.41 Å². The third kappa shape index (κ3) is 10.9. The molecule has 0 saturated carbocycles. The van der Waals surface area contributed by atoms with Crippen LogP contribution >= 0.6 is 11.6 Å². The van der Waals surface area contributed by atoms with Gasteiger partial charge in [0.1, 0.15) is 6.04 Å². The summed E-state index contributed by atoms with van der Waals surface area (Å²) >= 11 is 6.26. The van der Waals surface area contributed by atoms with E-state index < -0.39 is 23.5 Å². The van der Waals surface area contributed by atoms with Gasteiger partial charge in [-0.15, -0.1) is 0 Å². The lowest BCUT2D eigenvalue weighted by Crippen LogP contribution is -2.70. The topological polar surface area (TPSA) is 138 Å². The van der Waals surface area contributed by atoms with E-state index in [2.05, 4.69) is 38.7 Å². The van der Waals surface area contributed by atoms with E-state index in [4.69, 9.17) is 16.3 Å². The molecule has 3 atom stereocenters. The molecular formula is C40H50ClN5O5. The molecule has 0 radical (unpaired) electrons. The monoisotopic (exact) mass is 715 g/mol. The number of amides is 4. The normalized spacial score (nSPS) is 17.5. The second-order valence-corrected chi connectivity index (χ2v) is 15.3. The van der Waals surface area contributed by atoms with Crippen molar-refractivity contribution in [3.8, 4) is 0 Å². The van der Waals surface area contributed by atoms with Crippen LogP contribution < -0.4 is 26.6 Å². The Labute approximate surface area is 305 Å². The number of ether oxygens (including phenoxy) is 1. The average molecular weight is 716 g/mol. The molecule has 11 heteroatoms. The van der Waals surface area contributed by atoms with Crippen LogP contribution in [0.3, 0.4) is 0 Å². The van der Waals surface area contributed by atoms with Crippen molar-refractivity contribution in [2.24, 2.45) is 5.41 Å². The first-order valence-corrected chi connectivity index (χ1v) is 18.2. The molecule has 5 N–H and O–H groups in total. The van der Waals surface area contributed by atoms with Crippen LogP contribution in [0.1, 0.15) is 79.5 Å². The van der Waals surface area contributed by atoms with Crippen molar-refractivity contribution in [3.05, 3.63) is 106 Å².